The Bertz CT molecular complexity index is 1350. The molecule has 2 aromatic carbocycles. The first kappa shape index (κ1) is 25.8. The van der Waals surface area contributed by atoms with Crippen LogP contribution in [0.3, 0.4) is 0 Å². The van der Waals surface area contributed by atoms with Crippen molar-refractivity contribution in [3.63, 3.8) is 0 Å². The number of benzene rings is 2. The van der Waals surface area contributed by atoms with Gasteiger partial charge in [0, 0.05) is 38.6 Å². The van der Waals surface area contributed by atoms with Crippen LogP contribution in [0.5, 0.6) is 0 Å². The molecule has 0 saturated heterocycles. The van der Waals surface area contributed by atoms with E-state index in [4.69, 9.17) is 9.68 Å². The van der Waals surface area contributed by atoms with Crippen LogP contribution in [0, 0.1) is 24.1 Å². The fraction of sp³-hybridized carbons (Fsp3) is 0.233. The molecule has 0 unspecified atom stereocenters. The second-order valence-corrected chi connectivity index (χ2v) is 9.02. The number of carbonyl (C=O) groups excluding carboxylic acids is 1. The predicted octanol–water partition coefficient (Wildman–Crippen LogP) is 5.88. The number of aryl methyl sites for hydroxylation is 1. The fourth-order valence-electron chi connectivity index (χ4n) is 4.12. The largest absolute Gasteiger partial charge is 0.455 e. The number of nitrogens with zero attached hydrogens (tertiary/aromatic N) is 4. The van der Waals surface area contributed by atoms with Crippen molar-refractivity contribution in [2.45, 2.75) is 39.5 Å². The summed E-state index contributed by atoms with van der Waals surface area (Å²) < 4.78 is 19.8. The molecule has 7 heteroatoms. The number of hydrogen-bond donors (Lipinski definition) is 0. The third-order valence-corrected chi connectivity index (χ3v) is 5.95. The van der Waals surface area contributed by atoms with Crippen LogP contribution in [0.1, 0.15) is 45.0 Å². The monoisotopic (exact) mass is 496 g/mol. The molecule has 2 aromatic heterocycles. The zero-order valence-corrected chi connectivity index (χ0v) is 20.8. The molecule has 37 heavy (non-hydrogen) atoms. The number of rotatable bonds is 11. The number of amides is 1. The van der Waals surface area contributed by atoms with Crippen molar-refractivity contribution < 1.29 is 13.6 Å². The Labute approximate surface area is 216 Å². The standard InChI is InChI=1S/C30H29FN4O2/c1-23-8-10-24(11-9-23)19-34(20-25-5-2-7-27(31)17-25)22-28-12-13-29(37-28)30(36)35(16-4-14-32)21-26-6-3-15-33-18-26/h2-3,5-13,15,17-18H,4,16,19-22H2,1H3. The number of carbonyl (C=O) groups is 1. The average molecular weight is 497 g/mol. The zero-order chi connectivity index (χ0) is 26.0. The molecule has 4 rings (SSSR count). The summed E-state index contributed by atoms with van der Waals surface area (Å²) >= 11 is 0. The molecule has 0 N–H and O–H groups in total. The number of pyridine rings is 1. The Balaban J connectivity index is 1.50. The van der Waals surface area contributed by atoms with E-state index >= 15 is 0 Å². The van der Waals surface area contributed by atoms with E-state index in [1.165, 1.54) is 17.7 Å². The molecule has 0 radical (unpaired) electrons. The molecular weight excluding hydrogens is 467 g/mol. The molecule has 2 heterocycles. The van der Waals surface area contributed by atoms with Gasteiger partial charge in [0.05, 0.1) is 19.0 Å². The lowest BCUT2D eigenvalue weighted by atomic mass is 10.1. The minimum Gasteiger partial charge on any atom is -0.455 e. The summed E-state index contributed by atoms with van der Waals surface area (Å²) in [5, 5.41) is 9.06. The highest BCUT2D eigenvalue weighted by Crippen LogP contribution is 2.19. The first-order valence-electron chi connectivity index (χ1n) is 12.2. The number of aromatic nitrogens is 1. The smallest absolute Gasteiger partial charge is 0.289 e. The van der Waals surface area contributed by atoms with Crippen LogP contribution in [-0.2, 0) is 26.2 Å². The lowest BCUT2D eigenvalue weighted by molar-refractivity contribution is 0.0710. The third-order valence-electron chi connectivity index (χ3n) is 5.95. The van der Waals surface area contributed by atoms with E-state index in [1.54, 1.807) is 35.5 Å². The second-order valence-electron chi connectivity index (χ2n) is 9.02. The quantitative estimate of drug-likeness (QED) is 0.259. The summed E-state index contributed by atoms with van der Waals surface area (Å²) in [5.41, 5.74) is 4.04. The Morgan fingerprint density at radius 3 is 2.46 bits per heavy atom. The molecule has 0 spiro atoms. The van der Waals surface area contributed by atoms with E-state index in [9.17, 15) is 9.18 Å². The predicted molar refractivity (Wildman–Crippen MR) is 138 cm³/mol. The summed E-state index contributed by atoms with van der Waals surface area (Å²) in [7, 11) is 0. The molecule has 4 aromatic rings. The average Bonchev–Trinajstić information content (AvgIpc) is 3.36. The van der Waals surface area contributed by atoms with Crippen LogP contribution in [0.2, 0.25) is 0 Å². The van der Waals surface area contributed by atoms with Gasteiger partial charge in [-0.05, 0) is 53.9 Å². The Kier molecular flexibility index (Phi) is 8.79. The topological polar surface area (TPSA) is 73.4 Å². The molecule has 1 amide bonds. The highest BCUT2D eigenvalue weighted by Gasteiger charge is 2.21. The van der Waals surface area contributed by atoms with Crippen LogP contribution in [0.4, 0.5) is 4.39 Å². The van der Waals surface area contributed by atoms with Crippen molar-refractivity contribution in [3.05, 3.63) is 125 Å². The molecule has 0 saturated carbocycles. The van der Waals surface area contributed by atoms with Crippen LogP contribution >= 0.6 is 0 Å². The van der Waals surface area contributed by atoms with Crippen molar-refractivity contribution >= 4 is 5.91 Å². The molecule has 6 nitrogen and oxygen atoms in total. The molecule has 0 aliphatic carbocycles. The normalized spacial score (nSPS) is 10.9. The SMILES string of the molecule is Cc1ccc(CN(Cc2cccc(F)c2)Cc2ccc(C(=O)N(CCC#N)Cc3cccnc3)o2)cc1. The van der Waals surface area contributed by atoms with Gasteiger partial charge in [-0.3, -0.25) is 14.7 Å². The Hall–Kier alpha value is -4.28. The van der Waals surface area contributed by atoms with E-state index in [2.05, 4.69) is 40.2 Å². The summed E-state index contributed by atoms with van der Waals surface area (Å²) in [6.07, 6.45) is 3.60. The highest BCUT2D eigenvalue weighted by atomic mass is 19.1. The summed E-state index contributed by atoms with van der Waals surface area (Å²) in [6.45, 7) is 4.27. The molecule has 0 aliphatic heterocycles. The van der Waals surface area contributed by atoms with Crippen molar-refractivity contribution in [1.29, 1.82) is 5.26 Å². The molecule has 0 aliphatic rings. The van der Waals surface area contributed by atoms with Crippen LogP contribution in [0.25, 0.3) is 0 Å². The van der Waals surface area contributed by atoms with Crippen molar-refractivity contribution in [2.24, 2.45) is 0 Å². The van der Waals surface area contributed by atoms with Crippen LogP contribution < -0.4 is 0 Å². The number of nitriles is 1. The van der Waals surface area contributed by atoms with Gasteiger partial charge < -0.3 is 9.32 Å². The van der Waals surface area contributed by atoms with Gasteiger partial charge in [0.1, 0.15) is 11.6 Å². The van der Waals surface area contributed by atoms with Gasteiger partial charge in [-0.25, -0.2) is 4.39 Å². The maximum Gasteiger partial charge on any atom is 0.289 e. The lowest BCUT2D eigenvalue weighted by Crippen LogP contribution is -2.31. The van der Waals surface area contributed by atoms with Gasteiger partial charge in [-0.1, -0.05) is 48.0 Å². The molecular formula is C30H29FN4O2. The maximum absolute atomic E-state index is 13.8. The van der Waals surface area contributed by atoms with Gasteiger partial charge in [0.25, 0.3) is 5.91 Å². The van der Waals surface area contributed by atoms with Crippen molar-refractivity contribution in [1.82, 2.24) is 14.8 Å². The zero-order valence-electron chi connectivity index (χ0n) is 20.8. The minimum absolute atomic E-state index is 0.220. The van der Waals surface area contributed by atoms with E-state index in [1.807, 2.05) is 25.1 Å². The van der Waals surface area contributed by atoms with E-state index < -0.39 is 0 Å². The summed E-state index contributed by atoms with van der Waals surface area (Å²) in [6, 6.07) is 24.1. The van der Waals surface area contributed by atoms with Crippen molar-refractivity contribution in [2.75, 3.05) is 6.54 Å². The first-order chi connectivity index (χ1) is 18.0. The molecule has 0 fully saturated rings. The van der Waals surface area contributed by atoms with Gasteiger partial charge >= 0.3 is 0 Å². The van der Waals surface area contributed by atoms with Crippen LogP contribution in [-0.4, -0.2) is 27.2 Å². The minimum atomic E-state index is -0.277. The third kappa shape index (κ3) is 7.60. The van der Waals surface area contributed by atoms with E-state index in [0.717, 1.165) is 16.7 Å². The van der Waals surface area contributed by atoms with Gasteiger partial charge in [0.15, 0.2) is 5.76 Å². The molecule has 188 valence electrons. The number of hydrogen-bond acceptors (Lipinski definition) is 5. The lowest BCUT2D eigenvalue weighted by Gasteiger charge is -2.22. The fourth-order valence-corrected chi connectivity index (χ4v) is 4.12. The van der Waals surface area contributed by atoms with E-state index in [0.29, 0.717) is 38.5 Å². The van der Waals surface area contributed by atoms with Crippen LogP contribution in [0.15, 0.2) is 89.6 Å². The molecule has 0 bridgehead atoms. The van der Waals surface area contributed by atoms with Crippen molar-refractivity contribution in [3.8, 4) is 6.07 Å². The summed E-state index contributed by atoms with van der Waals surface area (Å²) in [4.78, 5) is 21.1. The van der Waals surface area contributed by atoms with Gasteiger partial charge in [-0.2, -0.15) is 5.26 Å². The first-order valence-corrected chi connectivity index (χ1v) is 12.2. The van der Waals surface area contributed by atoms with Gasteiger partial charge in [-0.15, -0.1) is 0 Å². The second kappa shape index (κ2) is 12.6. The van der Waals surface area contributed by atoms with Gasteiger partial charge in [0.2, 0.25) is 0 Å². The number of halogens is 1. The highest BCUT2D eigenvalue weighted by molar-refractivity contribution is 5.91. The molecule has 0 atom stereocenters. The Morgan fingerprint density at radius 1 is 0.946 bits per heavy atom. The maximum atomic E-state index is 13.8. The summed E-state index contributed by atoms with van der Waals surface area (Å²) in [5.74, 6) is 0.302. The number of furan rings is 1. The Morgan fingerprint density at radius 2 is 1.73 bits per heavy atom. The van der Waals surface area contributed by atoms with E-state index in [-0.39, 0.29) is 23.9 Å².